The van der Waals surface area contributed by atoms with E-state index in [9.17, 15) is 41.1 Å². The summed E-state index contributed by atoms with van der Waals surface area (Å²) in [7, 11) is -3.02. The molecule has 0 amide bonds. The molecule has 0 aliphatic heterocycles. The van der Waals surface area contributed by atoms with Crippen LogP contribution in [-0.4, -0.2) is 29.9 Å². The fourth-order valence-electron chi connectivity index (χ4n) is 4.05. The van der Waals surface area contributed by atoms with Crippen LogP contribution in [0.15, 0.2) is 70.4 Å². The normalized spacial score (nSPS) is 12.0. The minimum absolute atomic E-state index is 0.00761. The Kier molecular flexibility index (Phi) is 8.20. The summed E-state index contributed by atoms with van der Waals surface area (Å²) >= 11 is 12.4. The third-order valence-electron chi connectivity index (χ3n) is 6.07. The Morgan fingerprint density at radius 2 is 1.73 bits per heavy atom. The summed E-state index contributed by atoms with van der Waals surface area (Å²) < 4.78 is 80.6. The number of benzene rings is 3. The summed E-state index contributed by atoms with van der Waals surface area (Å²) in [5, 5.41) is 20.5. The van der Waals surface area contributed by atoms with Crippen LogP contribution in [0.5, 0.6) is 5.75 Å². The monoisotopic (exact) mass is 625 g/mol. The molecule has 4 rings (SSSR count). The van der Waals surface area contributed by atoms with E-state index in [-0.39, 0.29) is 42.9 Å². The molecule has 0 radical (unpaired) electrons. The number of nitriles is 1. The van der Waals surface area contributed by atoms with Gasteiger partial charge in [-0.1, -0.05) is 29.3 Å². The van der Waals surface area contributed by atoms with Crippen molar-refractivity contribution in [1.29, 1.82) is 5.26 Å². The van der Waals surface area contributed by atoms with Crippen LogP contribution in [0.3, 0.4) is 0 Å². The van der Waals surface area contributed by atoms with E-state index in [0.717, 1.165) is 34.6 Å². The van der Waals surface area contributed by atoms with Crippen LogP contribution >= 0.6 is 23.2 Å². The summed E-state index contributed by atoms with van der Waals surface area (Å²) in [6.45, 7) is -0.439. The van der Waals surface area contributed by atoms with Crippen LogP contribution in [0.25, 0.3) is 22.4 Å². The minimum atomic E-state index is -4.74. The van der Waals surface area contributed by atoms with E-state index in [1.54, 1.807) is 6.07 Å². The van der Waals surface area contributed by atoms with Crippen molar-refractivity contribution in [2.24, 2.45) is 0 Å². The maximum atomic E-state index is 13.6. The molecule has 1 heterocycles. The number of hydrogen-bond donors (Lipinski definition) is 2. The van der Waals surface area contributed by atoms with Crippen LogP contribution in [0.4, 0.5) is 17.6 Å². The van der Waals surface area contributed by atoms with Crippen LogP contribution in [0, 0.1) is 17.1 Å². The van der Waals surface area contributed by atoms with Gasteiger partial charge in [0.25, 0.3) is 5.56 Å². The Labute approximate surface area is 240 Å². The molecule has 14 heteroatoms. The Hall–Kier alpha value is -3.89. The van der Waals surface area contributed by atoms with Gasteiger partial charge in [-0.3, -0.25) is 4.79 Å². The average molecular weight is 626 g/mol. The molecule has 0 bridgehead atoms. The summed E-state index contributed by atoms with van der Waals surface area (Å²) in [6, 6.07) is 12.1. The predicted molar refractivity (Wildman–Crippen MR) is 144 cm³/mol. The number of rotatable bonds is 6. The van der Waals surface area contributed by atoms with Gasteiger partial charge in [-0.25, -0.2) is 12.8 Å². The van der Waals surface area contributed by atoms with Gasteiger partial charge < -0.3 is 10.1 Å². The predicted octanol–water partition coefficient (Wildman–Crippen LogP) is 6.57. The van der Waals surface area contributed by atoms with Gasteiger partial charge in [-0.2, -0.15) is 22.7 Å². The number of aromatic amines is 1. The van der Waals surface area contributed by atoms with E-state index in [4.69, 9.17) is 23.2 Å². The molecule has 2 N–H and O–H groups in total. The smallest absolute Gasteiger partial charge is 0.416 e. The van der Waals surface area contributed by atoms with E-state index in [1.165, 1.54) is 31.3 Å². The average Bonchev–Trinajstić information content (AvgIpc) is 2.89. The van der Waals surface area contributed by atoms with Gasteiger partial charge >= 0.3 is 6.18 Å². The third-order valence-corrected chi connectivity index (χ3v) is 8.42. The molecule has 4 aromatic rings. The van der Waals surface area contributed by atoms with Crippen molar-refractivity contribution < 1.29 is 31.1 Å². The van der Waals surface area contributed by atoms with Crippen molar-refractivity contribution in [2.45, 2.75) is 17.6 Å². The maximum Gasteiger partial charge on any atom is 0.416 e. The number of H-pyrrole nitrogens is 1. The molecular formula is C27H17Cl2F4N3O4S. The lowest BCUT2D eigenvalue weighted by atomic mass is 9.96. The van der Waals surface area contributed by atoms with Gasteiger partial charge in [0.05, 0.1) is 16.2 Å². The fraction of sp³-hybridized carbons (Fsp3) is 0.111. The van der Waals surface area contributed by atoms with Crippen molar-refractivity contribution in [1.82, 2.24) is 9.29 Å². The second kappa shape index (κ2) is 11.2. The van der Waals surface area contributed by atoms with Crippen LogP contribution < -0.4 is 5.56 Å². The number of pyridine rings is 1. The van der Waals surface area contributed by atoms with E-state index in [1.807, 2.05) is 0 Å². The number of halogens is 6. The lowest BCUT2D eigenvalue weighted by molar-refractivity contribution is -0.137. The Morgan fingerprint density at radius 1 is 1.02 bits per heavy atom. The summed E-state index contributed by atoms with van der Waals surface area (Å²) in [5.41, 5.74) is -3.36. The third kappa shape index (κ3) is 6.08. The summed E-state index contributed by atoms with van der Waals surface area (Å²) in [6.07, 6.45) is -4.74. The van der Waals surface area contributed by atoms with Gasteiger partial charge in [0.15, 0.2) is 0 Å². The molecule has 0 aliphatic rings. The highest BCUT2D eigenvalue weighted by Crippen LogP contribution is 2.40. The number of phenols is 1. The SMILES string of the molecule is CN(Cc1cc(Cl)cc(-c2cc(-c3cc(C(F)(F)F)ccc3Cl)c(C#N)c(=O)[nH]2)c1O)S(=O)(=O)c1cccc(F)c1. The van der Waals surface area contributed by atoms with Gasteiger partial charge in [-0.05, 0) is 54.6 Å². The number of nitrogens with zero attached hydrogens (tertiary/aromatic N) is 2. The lowest BCUT2D eigenvalue weighted by Crippen LogP contribution is -2.26. The first-order valence-corrected chi connectivity index (χ1v) is 13.6. The molecule has 0 spiro atoms. The highest BCUT2D eigenvalue weighted by molar-refractivity contribution is 7.89. The van der Waals surface area contributed by atoms with Crippen molar-refractivity contribution >= 4 is 33.2 Å². The highest BCUT2D eigenvalue weighted by Gasteiger charge is 2.32. The van der Waals surface area contributed by atoms with Gasteiger partial charge in [0, 0.05) is 45.9 Å². The molecule has 0 saturated heterocycles. The molecule has 0 atom stereocenters. The van der Waals surface area contributed by atoms with E-state index in [0.29, 0.717) is 6.07 Å². The fourth-order valence-corrected chi connectivity index (χ4v) is 5.69. The number of aromatic nitrogens is 1. The zero-order valence-corrected chi connectivity index (χ0v) is 23.1. The van der Waals surface area contributed by atoms with Gasteiger partial charge in [-0.15, -0.1) is 0 Å². The molecule has 0 aliphatic carbocycles. The first-order valence-electron chi connectivity index (χ1n) is 11.4. The molecule has 1 aromatic heterocycles. The number of hydrogen-bond acceptors (Lipinski definition) is 5. The van der Waals surface area contributed by atoms with Crippen molar-refractivity contribution in [3.63, 3.8) is 0 Å². The molecule has 41 heavy (non-hydrogen) atoms. The largest absolute Gasteiger partial charge is 0.507 e. The Bertz CT molecular complexity index is 1890. The lowest BCUT2D eigenvalue weighted by Gasteiger charge is -2.19. The number of phenolic OH excluding ortho intramolecular Hbond substituents is 1. The Balaban J connectivity index is 1.84. The summed E-state index contributed by atoms with van der Waals surface area (Å²) in [5.74, 6) is -1.29. The quantitative estimate of drug-likeness (QED) is 0.235. The number of aromatic hydroxyl groups is 1. The molecule has 3 aromatic carbocycles. The highest BCUT2D eigenvalue weighted by atomic mass is 35.5. The number of alkyl halides is 3. The van der Waals surface area contributed by atoms with Crippen LogP contribution in [-0.2, 0) is 22.7 Å². The van der Waals surface area contributed by atoms with Crippen LogP contribution in [0.2, 0.25) is 10.0 Å². The van der Waals surface area contributed by atoms with E-state index >= 15 is 0 Å². The second-order valence-electron chi connectivity index (χ2n) is 8.78. The number of sulfonamides is 1. The van der Waals surface area contributed by atoms with Gasteiger partial charge in [0.2, 0.25) is 10.0 Å². The molecule has 7 nitrogen and oxygen atoms in total. The topological polar surface area (TPSA) is 114 Å². The zero-order chi connectivity index (χ0) is 30.3. The Morgan fingerprint density at radius 3 is 2.37 bits per heavy atom. The molecular weight excluding hydrogens is 609 g/mol. The molecule has 212 valence electrons. The van der Waals surface area contributed by atoms with Crippen molar-refractivity contribution in [3.05, 3.63) is 104 Å². The van der Waals surface area contributed by atoms with Crippen molar-refractivity contribution in [3.8, 4) is 34.2 Å². The molecule has 0 unspecified atom stereocenters. The van der Waals surface area contributed by atoms with Gasteiger partial charge in [0.1, 0.15) is 23.2 Å². The van der Waals surface area contributed by atoms with Crippen LogP contribution in [0.1, 0.15) is 16.7 Å². The standard InChI is InChI=1S/C27H17Cl2F4N3O4S/c1-36(41(39,40)18-4-2-3-17(30)10-18)13-14-7-16(28)9-21(25(14)37)24-11-19(22(12-34)26(38)35-24)20-8-15(27(31,32)33)5-6-23(20)29/h2-11,37H,13H2,1H3,(H,35,38). The minimum Gasteiger partial charge on any atom is -0.507 e. The zero-order valence-electron chi connectivity index (χ0n) is 20.7. The van der Waals surface area contributed by atoms with Crippen molar-refractivity contribution in [2.75, 3.05) is 7.05 Å². The first-order chi connectivity index (χ1) is 19.1. The molecule has 0 fully saturated rings. The summed E-state index contributed by atoms with van der Waals surface area (Å²) in [4.78, 5) is 14.9. The van der Waals surface area contributed by atoms with E-state index in [2.05, 4.69) is 4.98 Å². The first kappa shape index (κ1) is 30.1. The number of nitrogens with one attached hydrogen (secondary N) is 1. The molecule has 0 saturated carbocycles. The second-order valence-corrected chi connectivity index (χ2v) is 11.7. The van der Waals surface area contributed by atoms with E-state index < -0.39 is 51.0 Å². The maximum absolute atomic E-state index is 13.6.